The first kappa shape index (κ1) is 8.04. The molecule has 4 heteroatoms. The summed E-state index contributed by atoms with van der Waals surface area (Å²) in [5, 5.41) is 7.87. The van der Waals surface area contributed by atoms with Gasteiger partial charge in [0.15, 0.2) is 0 Å². The maximum absolute atomic E-state index is 11.3. The molecule has 2 aromatic rings. The number of rotatable bonds is 1. The molecule has 0 aliphatic heterocycles. The first-order valence-electron chi connectivity index (χ1n) is 4.25. The second-order valence-corrected chi connectivity index (χ2v) is 3.07. The zero-order chi connectivity index (χ0) is 9.42. The number of hydrogen-bond acceptors (Lipinski definition) is 2. The third kappa shape index (κ3) is 1.06. The number of hydrogen-bond donors (Lipinski definition) is 1. The molecule has 2 rings (SSSR count). The lowest BCUT2D eigenvalue weighted by Gasteiger charge is -1.97. The van der Waals surface area contributed by atoms with Gasteiger partial charge < -0.3 is 4.57 Å². The van der Waals surface area contributed by atoms with Gasteiger partial charge in [-0.25, -0.2) is 5.10 Å². The molecule has 4 nitrogen and oxygen atoms in total. The number of aromatic nitrogens is 3. The van der Waals surface area contributed by atoms with Gasteiger partial charge in [-0.1, -0.05) is 6.92 Å². The highest BCUT2D eigenvalue weighted by Crippen LogP contribution is 2.15. The molecule has 2 heterocycles. The van der Waals surface area contributed by atoms with Gasteiger partial charge in [0.1, 0.15) is 0 Å². The number of nitrogens with zero attached hydrogens (tertiary/aromatic N) is 2. The van der Waals surface area contributed by atoms with Crippen molar-refractivity contribution in [2.75, 3.05) is 0 Å². The van der Waals surface area contributed by atoms with E-state index in [0.29, 0.717) is 5.39 Å². The summed E-state index contributed by atoms with van der Waals surface area (Å²) >= 11 is 0. The van der Waals surface area contributed by atoms with Crippen molar-refractivity contribution in [1.82, 2.24) is 14.8 Å². The van der Waals surface area contributed by atoms with Crippen LogP contribution < -0.4 is 5.56 Å². The van der Waals surface area contributed by atoms with Gasteiger partial charge in [-0.2, -0.15) is 5.10 Å². The van der Waals surface area contributed by atoms with Crippen LogP contribution in [-0.2, 0) is 13.5 Å². The molecule has 0 spiro atoms. The van der Waals surface area contributed by atoms with E-state index in [9.17, 15) is 4.79 Å². The fraction of sp³-hybridized carbons (Fsp3) is 0.333. The SMILES string of the molecule is CCc1c2cn[nH]c(=O)c2cn1C. The van der Waals surface area contributed by atoms with Crippen molar-refractivity contribution in [2.24, 2.45) is 7.05 Å². The normalized spacial score (nSPS) is 10.9. The van der Waals surface area contributed by atoms with E-state index < -0.39 is 0 Å². The van der Waals surface area contributed by atoms with Crippen LogP contribution in [0.4, 0.5) is 0 Å². The lowest BCUT2D eigenvalue weighted by atomic mass is 10.2. The third-order valence-corrected chi connectivity index (χ3v) is 2.29. The molecule has 0 saturated carbocycles. The Kier molecular flexibility index (Phi) is 1.69. The predicted molar refractivity (Wildman–Crippen MR) is 50.7 cm³/mol. The highest BCUT2D eigenvalue weighted by Gasteiger charge is 2.07. The lowest BCUT2D eigenvalue weighted by molar-refractivity contribution is 0.845. The Bertz CT molecular complexity index is 495. The van der Waals surface area contributed by atoms with E-state index in [1.165, 1.54) is 0 Å². The zero-order valence-electron chi connectivity index (χ0n) is 7.66. The minimum absolute atomic E-state index is 0.118. The summed E-state index contributed by atoms with van der Waals surface area (Å²) in [7, 11) is 1.94. The average molecular weight is 177 g/mol. The van der Waals surface area contributed by atoms with Crippen LogP contribution in [0.3, 0.4) is 0 Å². The number of H-pyrrole nitrogens is 1. The summed E-state index contributed by atoms with van der Waals surface area (Å²) in [5.74, 6) is 0. The molecule has 0 unspecified atom stereocenters. The van der Waals surface area contributed by atoms with E-state index in [1.807, 2.05) is 17.8 Å². The molecule has 0 aliphatic carbocycles. The highest BCUT2D eigenvalue weighted by atomic mass is 16.1. The Balaban J connectivity index is 2.94. The molecule has 0 aliphatic rings. The first-order valence-corrected chi connectivity index (χ1v) is 4.25. The molecule has 68 valence electrons. The van der Waals surface area contributed by atoms with Gasteiger partial charge in [0.05, 0.1) is 11.6 Å². The molecule has 2 aromatic heterocycles. The molecule has 0 radical (unpaired) electrons. The van der Waals surface area contributed by atoms with Crippen LogP contribution in [-0.4, -0.2) is 14.8 Å². The first-order chi connectivity index (χ1) is 6.24. The predicted octanol–water partition coefficient (Wildman–Crippen LogP) is 0.824. The van der Waals surface area contributed by atoms with Gasteiger partial charge in [0.2, 0.25) is 0 Å². The smallest absolute Gasteiger partial charge is 0.273 e. The quantitative estimate of drug-likeness (QED) is 0.701. The second kappa shape index (κ2) is 2.73. The Labute approximate surface area is 75.2 Å². The van der Waals surface area contributed by atoms with Gasteiger partial charge in [0, 0.05) is 24.3 Å². The molecule has 13 heavy (non-hydrogen) atoms. The summed E-state index contributed by atoms with van der Waals surface area (Å²) in [6.07, 6.45) is 4.45. The average Bonchev–Trinajstić information content (AvgIpc) is 2.43. The van der Waals surface area contributed by atoms with Crippen LogP contribution in [0.1, 0.15) is 12.6 Å². The van der Waals surface area contributed by atoms with Gasteiger partial charge in [-0.15, -0.1) is 0 Å². The van der Waals surface area contributed by atoms with E-state index in [1.54, 1.807) is 6.20 Å². The van der Waals surface area contributed by atoms with Crippen LogP contribution in [0.15, 0.2) is 17.2 Å². The van der Waals surface area contributed by atoms with Crippen molar-refractivity contribution in [3.05, 3.63) is 28.4 Å². The van der Waals surface area contributed by atoms with E-state index in [-0.39, 0.29) is 5.56 Å². The molecule has 0 fully saturated rings. The topological polar surface area (TPSA) is 50.7 Å². The Hall–Kier alpha value is -1.58. The Morgan fingerprint density at radius 1 is 1.54 bits per heavy atom. The monoisotopic (exact) mass is 177 g/mol. The fourth-order valence-electron chi connectivity index (χ4n) is 1.67. The molecule has 1 N–H and O–H groups in total. The fourth-order valence-corrected chi connectivity index (χ4v) is 1.67. The lowest BCUT2D eigenvalue weighted by Crippen LogP contribution is -2.05. The second-order valence-electron chi connectivity index (χ2n) is 3.07. The minimum atomic E-state index is -0.118. The number of aryl methyl sites for hydroxylation is 2. The zero-order valence-corrected chi connectivity index (χ0v) is 7.66. The van der Waals surface area contributed by atoms with Gasteiger partial charge in [0.25, 0.3) is 5.56 Å². The number of nitrogens with one attached hydrogen (secondary N) is 1. The van der Waals surface area contributed by atoms with Crippen molar-refractivity contribution in [2.45, 2.75) is 13.3 Å². The van der Waals surface area contributed by atoms with Crippen molar-refractivity contribution < 1.29 is 0 Å². The standard InChI is InChI=1S/C9H11N3O/c1-3-8-6-4-10-11-9(13)7(6)5-12(8)2/h4-5H,3H2,1-2H3,(H,11,13). The van der Waals surface area contributed by atoms with E-state index in [4.69, 9.17) is 0 Å². The summed E-state index contributed by atoms with van der Waals surface area (Å²) in [4.78, 5) is 11.3. The minimum Gasteiger partial charge on any atom is -0.353 e. The Morgan fingerprint density at radius 3 is 3.00 bits per heavy atom. The summed E-state index contributed by atoms with van der Waals surface area (Å²) < 4.78 is 1.97. The van der Waals surface area contributed by atoms with Crippen molar-refractivity contribution in [3.63, 3.8) is 0 Å². The number of fused-ring (bicyclic) bond motifs is 1. The molecule has 0 atom stereocenters. The summed E-state index contributed by atoms with van der Waals surface area (Å²) in [6, 6.07) is 0. The van der Waals surface area contributed by atoms with E-state index in [0.717, 1.165) is 17.5 Å². The Morgan fingerprint density at radius 2 is 2.31 bits per heavy atom. The summed E-state index contributed by atoms with van der Waals surface area (Å²) in [6.45, 7) is 2.07. The van der Waals surface area contributed by atoms with Crippen molar-refractivity contribution in [3.8, 4) is 0 Å². The van der Waals surface area contributed by atoms with Gasteiger partial charge in [-0.3, -0.25) is 4.79 Å². The molecule has 0 saturated heterocycles. The molecule has 0 aromatic carbocycles. The maximum atomic E-state index is 11.3. The van der Waals surface area contributed by atoms with E-state index in [2.05, 4.69) is 17.1 Å². The molecular formula is C9H11N3O. The van der Waals surface area contributed by atoms with Crippen molar-refractivity contribution >= 4 is 10.8 Å². The summed E-state index contributed by atoms with van der Waals surface area (Å²) in [5.41, 5.74) is 1.03. The van der Waals surface area contributed by atoms with Gasteiger partial charge >= 0.3 is 0 Å². The van der Waals surface area contributed by atoms with Crippen LogP contribution in [0.5, 0.6) is 0 Å². The van der Waals surface area contributed by atoms with Crippen LogP contribution in [0, 0.1) is 0 Å². The van der Waals surface area contributed by atoms with Crippen LogP contribution in [0.2, 0.25) is 0 Å². The third-order valence-electron chi connectivity index (χ3n) is 2.29. The number of aromatic amines is 1. The molecule has 0 bridgehead atoms. The molecular weight excluding hydrogens is 166 g/mol. The maximum Gasteiger partial charge on any atom is 0.273 e. The largest absolute Gasteiger partial charge is 0.353 e. The van der Waals surface area contributed by atoms with Crippen LogP contribution >= 0.6 is 0 Å². The molecule has 0 amide bonds. The van der Waals surface area contributed by atoms with Gasteiger partial charge in [-0.05, 0) is 6.42 Å². The van der Waals surface area contributed by atoms with Crippen LogP contribution in [0.25, 0.3) is 10.8 Å². The van der Waals surface area contributed by atoms with Crippen molar-refractivity contribution in [1.29, 1.82) is 0 Å². The van der Waals surface area contributed by atoms with E-state index >= 15 is 0 Å². The highest BCUT2D eigenvalue weighted by molar-refractivity contribution is 5.83.